The Morgan fingerprint density at radius 1 is 1.44 bits per heavy atom. The Labute approximate surface area is 95.0 Å². The highest BCUT2D eigenvalue weighted by molar-refractivity contribution is 6.02. The van der Waals surface area contributed by atoms with Gasteiger partial charge in [0, 0.05) is 6.54 Å². The molecule has 1 aromatic carbocycles. The molecule has 0 saturated heterocycles. The van der Waals surface area contributed by atoms with Crippen molar-refractivity contribution in [2.45, 2.75) is 20.0 Å². The number of nitrogens with two attached hydrogens (primary N) is 1. The SMILES string of the molecule is COc1cc(C)c(C)cc1C(=O)C(O)CN. The largest absolute Gasteiger partial charge is 0.496 e. The first kappa shape index (κ1) is 12.7. The smallest absolute Gasteiger partial charge is 0.196 e. The maximum atomic E-state index is 11.8. The Bertz CT molecular complexity index is 401. The third-order valence-electron chi connectivity index (χ3n) is 2.61. The van der Waals surface area contributed by atoms with E-state index in [1.807, 2.05) is 13.8 Å². The van der Waals surface area contributed by atoms with Gasteiger partial charge in [0.05, 0.1) is 12.7 Å². The Kier molecular flexibility index (Phi) is 4.04. The molecule has 1 unspecified atom stereocenters. The normalized spacial score (nSPS) is 12.3. The summed E-state index contributed by atoms with van der Waals surface area (Å²) in [5.74, 6) is 0.0723. The van der Waals surface area contributed by atoms with E-state index in [0.717, 1.165) is 11.1 Å². The van der Waals surface area contributed by atoms with Crippen molar-refractivity contribution in [1.29, 1.82) is 0 Å². The highest BCUT2D eigenvalue weighted by Gasteiger charge is 2.20. The van der Waals surface area contributed by atoms with Crippen LogP contribution in [0.5, 0.6) is 5.75 Å². The summed E-state index contributed by atoms with van der Waals surface area (Å²) in [6, 6.07) is 3.50. The molecule has 4 heteroatoms. The number of hydrogen-bond donors (Lipinski definition) is 2. The van der Waals surface area contributed by atoms with Gasteiger partial charge >= 0.3 is 0 Å². The van der Waals surface area contributed by atoms with Crippen molar-refractivity contribution in [3.8, 4) is 5.75 Å². The minimum atomic E-state index is -1.17. The monoisotopic (exact) mass is 223 g/mol. The van der Waals surface area contributed by atoms with Crippen LogP contribution in [0.25, 0.3) is 0 Å². The summed E-state index contributed by atoms with van der Waals surface area (Å²) in [4.78, 5) is 11.8. The van der Waals surface area contributed by atoms with Gasteiger partial charge in [0.15, 0.2) is 5.78 Å². The molecule has 0 radical (unpaired) electrons. The molecular formula is C12H17NO3. The molecular weight excluding hydrogens is 206 g/mol. The number of carbonyl (C=O) groups excluding carboxylic acids is 1. The molecule has 0 amide bonds. The summed E-state index contributed by atoms with van der Waals surface area (Å²) < 4.78 is 5.12. The second-order valence-corrected chi connectivity index (χ2v) is 3.75. The van der Waals surface area contributed by atoms with Gasteiger partial charge in [0.2, 0.25) is 0 Å². The number of aliphatic hydroxyl groups excluding tert-OH is 1. The fourth-order valence-electron chi connectivity index (χ4n) is 1.44. The van der Waals surface area contributed by atoms with E-state index in [4.69, 9.17) is 10.5 Å². The number of rotatable bonds is 4. The van der Waals surface area contributed by atoms with Gasteiger partial charge < -0.3 is 15.6 Å². The lowest BCUT2D eigenvalue weighted by atomic mass is 9.99. The Morgan fingerprint density at radius 2 is 2.00 bits per heavy atom. The van der Waals surface area contributed by atoms with E-state index in [1.54, 1.807) is 12.1 Å². The number of carbonyl (C=O) groups is 1. The van der Waals surface area contributed by atoms with E-state index in [1.165, 1.54) is 7.11 Å². The quantitative estimate of drug-likeness (QED) is 0.741. The molecule has 1 rings (SSSR count). The molecule has 0 bridgehead atoms. The zero-order chi connectivity index (χ0) is 12.3. The molecule has 0 spiro atoms. The lowest BCUT2D eigenvalue weighted by molar-refractivity contribution is 0.0759. The molecule has 0 fully saturated rings. The molecule has 0 saturated carbocycles. The van der Waals surface area contributed by atoms with Crippen LogP contribution in [0, 0.1) is 13.8 Å². The predicted octanol–water partition coefficient (Wildman–Crippen LogP) is 0.814. The molecule has 16 heavy (non-hydrogen) atoms. The van der Waals surface area contributed by atoms with Crippen molar-refractivity contribution < 1.29 is 14.6 Å². The van der Waals surface area contributed by atoms with Crippen molar-refractivity contribution in [3.63, 3.8) is 0 Å². The average Bonchev–Trinajstić information content (AvgIpc) is 2.30. The summed E-state index contributed by atoms with van der Waals surface area (Å²) in [5, 5.41) is 9.43. The van der Waals surface area contributed by atoms with E-state index in [9.17, 15) is 9.90 Å². The van der Waals surface area contributed by atoms with Crippen molar-refractivity contribution in [1.82, 2.24) is 0 Å². The van der Waals surface area contributed by atoms with E-state index in [2.05, 4.69) is 0 Å². The van der Waals surface area contributed by atoms with Crippen LogP contribution >= 0.6 is 0 Å². The van der Waals surface area contributed by atoms with Gasteiger partial charge in [-0.2, -0.15) is 0 Å². The number of ether oxygens (including phenoxy) is 1. The van der Waals surface area contributed by atoms with Crippen LogP contribution in [0.2, 0.25) is 0 Å². The third kappa shape index (κ3) is 2.40. The minimum absolute atomic E-state index is 0.0884. The highest BCUT2D eigenvalue weighted by Crippen LogP contribution is 2.24. The van der Waals surface area contributed by atoms with E-state index < -0.39 is 11.9 Å². The summed E-state index contributed by atoms with van der Waals surface area (Å²) in [6.07, 6.45) is -1.17. The number of aryl methyl sites for hydroxylation is 2. The lowest BCUT2D eigenvalue weighted by Crippen LogP contribution is -2.29. The highest BCUT2D eigenvalue weighted by atomic mass is 16.5. The topological polar surface area (TPSA) is 72.5 Å². The Balaban J connectivity index is 3.21. The first-order chi connectivity index (χ1) is 7.51. The summed E-state index contributed by atoms with van der Waals surface area (Å²) >= 11 is 0. The summed E-state index contributed by atoms with van der Waals surface area (Å²) in [6.45, 7) is 3.75. The first-order valence-electron chi connectivity index (χ1n) is 5.08. The molecule has 1 atom stereocenters. The van der Waals surface area contributed by atoms with E-state index in [-0.39, 0.29) is 6.54 Å². The van der Waals surface area contributed by atoms with Crippen molar-refractivity contribution >= 4 is 5.78 Å². The Hall–Kier alpha value is -1.39. The zero-order valence-corrected chi connectivity index (χ0v) is 9.78. The van der Waals surface area contributed by atoms with Crippen molar-refractivity contribution in [2.24, 2.45) is 5.73 Å². The average molecular weight is 223 g/mol. The van der Waals surface area contributed by atoms with Crippen LogP contribution in [0.4, 0.5) is 0 Å². The number of benzene rings is 1. The lowest BCUT2D eigenvalue weighted by Gasteiger charge is -2.13. The number of aliphatic hydroxyl groups is 1. The van der Waals surface area contributed by atoms with Gasteiger partial charge in [-0.25, -0.2) is 0 Å². The van der Waals surface area contributed by atoms with E-state index >= 15 is 0 Å². The molecule has 0 aliphatic rings. The summed E-state index contributed by atoms with van der Waals surface area (Å²) in [7, 11) is 1.50. The standard InChI is InChI=1S/C12H17NO3/c1-7-4-9(12(15)10(14)6-13)11(16-3)5-8(7)2/h4-5,10,14H,6,13H2,1-3H3. The number of hydrogen-bond acceptors (Lipinski definition) is 4. The third-order valence-corrected chi connectivity index (χ3v) is 2.61. The molecule has 1 aromatic rings. The van der Waals surface area contributed by atoms with Crippen LogP contribution in [0.3, 0.4) is 0 Å². The number of Topliss-reactive ketones (excluding diaryl/α,β-unsaturated/α-hetero) is 1. The molecule has 0 aliphatic carbocycles. The van der Waals surface area contributed by atoms with Gasteiger partial charge in [-0.05, 0) is 37.1 Å². The molecule has 0 heterocycles. The first-order valence-corrected chi connectivity index (χ1v) is 5.08. The Morgan fingerprint density at radius 3 is 2.50 bits per heavy atom. The zero-order valence-electron chi connectivity index (χ0n) is 9.78. The fraction of sp³-hybridized carbons (Fsp3) is 0.417. The minimum Gasteiger partial charge on any atom is -0.496 e. The van der Waals surface area contributed by atoms with Crippen LogP contribution in [-0.2, 0) is 0 Å². The molecule has 88 valence electrons. The maximum absolute atomic E-state index is 11.8. The van der Waals surface area contributed by atoms with Crippen LogP contribution < -0.4 is 10.5 Å². The van der Waals surface area contributed by atoms with Crippen LogP contribution in [0.1, 0.15) is 21.5 Å². The fourth-order valence-corrected chi connectivity index (χ4v) is 1.44. The number of ketones is 1. The molecule has 0 aliphatic heterocycles. The number of methoxy groups -OCH3 is 1. The second-order valence-electron chi connectivity index (χ2n) is 3.75. The van der Waals surface area contributed by atoms with Gasteiger partial charge in [0.25, 0.3) is 0 Å². The second kappa shape index (κ2) is 5.09. The molecule has 4 nitrogen and oxygen atoms in total. The summed E-state index contributed by atoms with van der Waals surface area (Å²) in [5.41, 5.74) is 7.65. The van der Waals surface area contributed by atoms with E-state index in [0.29, 0.717) is 11.3 Å². The van der Waals surface area contributed by atoms with Crippen LogP contribution in [-0.4, -0.2) is 30.6 Å². The van der Waals surface area contributed by atoms with Crippen LogP contribution in [0.15, 0.2) is 12.1 Å². The van der Waals surface area contributed by atoms with Crippen molar-refractivity contribution in [3.05, 3.63) is 28.8 Å². The van der Waals surface area contributed by atoms with Gasteiger partial charge in [-0.15, -0.1) is 0 Å². The van der Waals surface area contributed by atoms with Gasteiger partial charge in [-0.1, -0.05) is 0 Å². The molecule has 0 aromatic heterocycles. The predicted molar refractivity (Wildman–Crippen MR) is 61.9 cm³/mol. The van der Waals surface area contributed by atoms with Crippen molar-refractivity contribution in [2.75, 3.05) is 13.7 Å². The van der Waals surface area contributed by atoms with Gasteiger partial charge in [-0.3, -0.25) is 4.79 Å². The maximum Gasteiger partial charge on any atom is 0.196 e. The van der Waals surface area contributed by atoms with Gasteiger partial charge in [0.1, 0.15) is 11.9 Å². The molecule has 3 N–H and O–H groups in total.